The van der Waals surface area contributed by atoms with E-state index in [9.17, 15) is 9.90 Å². The number of aromatic nitrogens is 1. The molecule has 19 heavy (non-hydrogen) atoms. The number of hydrogen-bond acceptors (Lipinski definition) is 4. The zero-order valence-electron chi connectivity index (χ0n) is 11.5. The van der Waals surface area contributed by atoms with E-state index in [1.807, 2.05) is 21.0 Å². The first-order valence-corrected chi connectivity index (χ1v) is 7.04. The van der Waals surface area contributed by atoms with Crippen molar-refractivity contribution in [3.63, 3.8) is 0 Å². The standard InChI is InChI=1S/C13H20BrN3O2/c1-4-5-10(18)8-16-13(19)11-6-9(14)7-15-12(11)17(2)3/h6-7,10,18H,4-5,8H2,1-3H3,(H,16,19). The highest BCUT2D eigenvalue weighted by molar-refractivity contribution is 9.10. The van der Waals surface area contributed by atoms with Gasteiger partial charge in [-0.1, -0.05) is 13.3 Å². The minimum atomic E-state index is -0.503. The van der Waals surface area contributed by atoms with Gasteiger partial charge in [0.1, 0.15) is 5.82 Å². The zero-order chi connectivity index (χ0) is 14.4. The van der Waals surface area contributed by atoms with Crippen molar-refractivity contribution >= 4 is 27.7 Å². The second kappa shape index (κ2) is 7.45. The van der Waals surface area contributed by atoms with Crippen LogP contribution in [0.4, 0.5) is 5.82 Å². The molecule has 0 radical (unpaired) electrons. The first-order chi connectivity index (χ1) is 8.95. The molecule has 5 nitrogen and oxygen atoms in total. The van der Waals surface area contributed by atoms with E-state index in [2.05, 4.69) is 26.2 Å². The van der Waals surface area contributed by atoms with Crippen LogP contribution in [0, 0.1) is 0 Å². The fraction of sp³-hybridized carbons (Fsp3) is 0.538. The number of aliphatic hydroxyl groups excluding tert-OH is 1. The summed E-state index contributed by atoms with van der Waals surface area (Å²) in [4.78, 5) is 18.1. The van der Waals surface area contributed by atoms with Crippen LogP contribution in [0.5, 0.6) is 0 Å². The van der Waals surface area contributed by atoms with Crippen LogP contribution in [0.1, 0.15) is 30.1 Å². The Hall–Kier alpha value is -1.14. The second-order valence-electron chi connectivity index (χ2n) is 4.57. The number of carbonyl (C=O) groups excluding carboxylic acids is 1. The molecule has 1 unspecified atom stereocenters. The van der Waals surface area contributed by atoms with Gasteiger partial charge in [0.2, 0.25) is 0 Å². The molecule has 1 aromatic rings. The van der Waals surface area contributed by atoms with E-state index >= 15 is 0 Å². The Kier molecular flexibility index (Phi) is 6.24. The SMILES string of the molecule is CCCC(O)CNC(=O)c1cc(Br)cnc1N(C)C. The first kappa shape index (κ1) is 15.9. The molecule has 0 aromatic carbocycles. The predicted octanol–water partition coefficient (Wildman–Crippen LogP) is 1.80. The lowest BCUT2D eigenvalue weighted by atomic mass is 10.2. The van der Waals surface area contributed by atoms with E-state index in [0.717, 1.165) is 10.9 Å². The molecule has 1 aromatic heterocycles. The molecule has 1 amide bonds. The van der Waals surface area contributed by atoms with Crippen molar-refractivity contribution in [3.8, 4) is 0 Å². The lowest BCUT2D eigenvalue weighted by molar-refractivity contribution is 0.0910. The summed E-state index contributed by atoms with van der Waals surface area (Å²) < 4.78 is 0.748. The fourth-order valence-electron chi connectivity index (χ4n) is 1.70. The predicted molar refractivity (Wildman–Crippen MR) is 79.5 cm³/mol. The number of rotatable bonds is 6. The molecule has 0 aliphatic rings. The van der Waals surface area contributed by atoms with Gasteiger partial charge in [0, 0.05) is 31.3 Å². The van der Waals surface area contributed by atoms with Crippen molar-refractivity contribution in [2.24, 2.45) is 0 Å². The zero-order valence-corrected chi connectivity index (χ0v) is 13.1. The Morgan fingerprint density at radius 1 is 1.58 bits per heavy atom. The smallest absolute Gasteiger partial charge is 0.255 e. The number of nitrogens with zero attached hydrogens (tertiary/aromatic N) is 2. The summed E-state index contributed by atoms with van der Waals surface area (Å²) in [5, 5.41) is 12.4. The molecule has 0 saturated carbocycles. The average Bonchev–Trinajstić information content (AvgIpc) is 2.35. The van der Waals surface area contributed by atoms with Gasteiger partial charge in [-0.3, -0.25) is 4.79 Å². The number of amides is 1. The maximum absolute atomic E-state index is 12.1. The molecule has 0 bridgehead atoms. The molecule has 1 heterocycles. The molecule has 106 valence electrons. The van der Waals surface area contributed by atoms with Gasteiger partial charge in [-0.05, 0) is 28.4 Å². The van der Waals surface area contributed by atoms with E-state index in [0.29, 0.717) is 17.8 Å². The minimum Gasteiger partial charge on any atom is -0.391 e. The van der Waals surface area contributed by atoms with Crippen LogP contribution >= 0.6 is 15.9 Å². The number of nitrogens with one attached hydrogen (secondary N) is 1. The van der Waals surface area contributed by atoms with E-state index in [1.165, 1.54) is 0 Å². The Balaban J connectivity index is 2.78. The molecular formula is C13H20BrN3O2. The van der Waals surface area contributed by atoms with Gasteiger partial charge in [-0.25, -0.2) is 4.98 Å². The fourth-order valence-corrected chi connectivity index (χ4v) is 2.03. The summed E-state index contributed by atoms with van der Waals surface area (Å²) >= 11 is 3.31. The quantitative estimate of drug-likeness (QED) is 0.835. The van der Waals surface area contributed by atoms with Crippen molar-refractivity contribution in [3.05, 3.63) is 22.3 Å². The number of carbonyl (C=O) groups is 1. The van der Waals surface area contributed by atoms with Crippen LogP contribution in [0.2, 0.25) is 0 Å². The van der Waals surface area contributed by atoms with Crippen LogP contribution in [0.15, 0.2) is 16.7 Å². The topological polar surface area (TPSA) is 65.5 Å². The highest BCUT2D eigenvalue weighted by Crippen LogP contribution is 2.19. The monoisotopic (exact) mass is 329 g/mol. The second-order valence-corrected chi connectivity index (χ2v) is 5.49. The van der Waals surface area contributed by atoms with Crippen molar-refractivity contribution in [2.75, 3.05) is 25.5 Å². The molecule has 0 saturated heterocycles. The lowest BCUT2D eigenvalue weighted by Crippen LogP contribution is -2.33. The van der Waals surface area contributed by atoms with Crippen molar-refractivity contribution < 1.29 is 9.90 Å². The molecule has 0 aliphatic heterocycles. The summed E-state index contributed by atoms with van der Waals surface area (Å²) in [5.74, 6) is 0.373. The number of pyridine rings is 1. The number of anilines is 1. The Bertz CT molecular complexity index is 438. The van der Waals surface area contributed by atoms with Gasteiger partial charge >= 0.3 is 0 Å². The number of hydrogen-bond donors (Lipinski definition) is 2. The first-order valence-electron chi connectivity index (χ1n) is 6.24. The third-order valence-electron chi connectivity index (χ3n) is 2.62. The minimum absolute atomic E-state index is 0.229. The van der Waals surface area contributed by atoms with Crippen LogP contribution in [-0.4, -0.2) is 42.7 Å². The van der Waals surface area contributed by atoms with E-state index in [-0.39, 0.29) is 12.5 Å². The largest absolute Gasteiger partial charge is 0.391 e. The molecule has 1 atom stereocenters. The van der Waals surface area contributed by atoms with E-state index < -0.39 is 6.10 Å². The highest BCUT2D eigenvalue weighted by atomic mass is 79.9. The van der Waals surface area contributed by atoms with Crippen LogP contribution in [0.3, 0.4) is 0 Å². The summed E-state index contributed by atoms with van der Waals surface area (Å²) in [5.41, 5.74) is 0.489. The maximum atomic E-state index is 12.1. The average molecular weight is 330 g/mol. The Labute approximate surface area is 122 Å². The van der Waals surface area contributed by atoms with E-state index in [1.54, 1.807) is 17.2 Å². The van der Waals surface area contributed by atoms with Gasteiger partial charge in [0.05, 0.1) is 11.7 Å². The van der Waals surface area contributed by atoms with Gasteiger partial charge in [-0.15, -0.1) is 0 Å². The lowest BCUT2D eigenvalue weighted by Gasteiger charge is -2.17. The molecule has 2 N–H and O–H groups in total. The summed E-state index contributed by atoms with van der Waals surface area (Å²) in [6.07, 6.45) is 2.71. The van der Waals surface area contributed by atoms with Crippen molar-refractivity contribution in [1.82, 2.24) is 10.3 Å². The maximum Gasteiger partial charge on any atom is 0.255 e. The third-order valence-corrected chi connectivity index (χ3v) is 3.06. The van der Waals surface area contributed by atoms with Crippen LogP contribution < -0.4 is 10.2 Å². The van der Waals surface area contributed by atoms with Crippen LogP contribution in [0.25, 0.3) is 0 Å². The molecule has 6 heteroatoms. The van der Waals surface area contributed by atoms with Gasteiger partial charge in [0.15, 0.2) is 0 Å². The number of aliphatic hydroxyl groups is 1. The Morgan fingerprint density at radius 3 is 2.84 bits per heavy atom. The summed E-state index contributed by atoms with van der Waals surface area (Å²) in [7, 11) is 3.66. The molecule has 0 aliphatic carbocycles. The number of halogens is 1. The van der Waals surface area contributed by atoms with Crippen molar-refractivity contribution in [1.29, 1.82) is 0 Å². The Morgan fingerprint density at radius 2 is 2.26 bits per heavy atom. The van der Waals surface area contributed by atoms with Crippen molar-refractivity contribution in [2.45, 2.75) is 25.9 Å². The molecule has 0 spiro atoms. The van der Waals surface area contributed by atoms with E-state index in [4.69, 9.17) is 0 Å². The molecular weight excluding hydrogens is 310 g/mol. The third kappa shape index (κ3) is 4.80. The highest BCUT2D eigenvalue weighted by Gasteiger charge is 2.15. The molecule has 1 rings (SSSR count). The van der Waals surface area contributed by atoms with Gasteiger partial charge in [0.25, 0.3) is 5.91 Å². The summed E-state index contributed by atoms with van der Waals surface area (Å²) in [6, 6.07) is 1.73. The normalized spacial score (nSPS) is 12.1. The van der Waals surface area contributed by atoms with Gasteiger partial charge in [-0.2, -0.15) is 0 Å². The molecule has 0 fully saturated rings. The van der Waals surface area contributed by atoms with Gasteiger partial charge < -0.3 is 15.3 Å². The summed E-state index contributed by atoms with van der Waals surface area (Å²) in [6.45, 7) is 2.25. The van der Waals surface area contributed by atoms with Crippen LogP contribution in [-0.2, 0) is 0 Å².